The molecule has 6 nitrogen and oxygen atoms in total. The van der Waals surface area contributed by atoms with E-state index in [1.807, 2.05) is 20.2 Å². The molecule has 104 valence electrons. The number of rotatable bonds is 4. The quantitative estimate of drug-likeness (QED) is 0.317. The molecule has 2 unspecified atom stereocenters. The fourth-order valence-electron chi connectivity index (χ4n) is 2.16. The summed E-state index contributed by atoms with van der Waals surface area (Å²) in [7, 11) is 3.62. The van der Waals surface area contributed by atoms with E-state index in [1.54, 1.807) is 11.8 Å². The van der Waals surface area contributed by atoms with Gasteiger partial charge in [0.1, 0.15) is 11.5 Å². The van der Waals surface area contributed by atoms with Gasteiger partial charge in [0, 0.05) is 0 Å². The molecule has 0 aromatic rings. The summed E-state index contributed by atoms with van der Waals surface area (Å²) in [4.78, 5) is 27.8. The van der Waals surface area contributed by atoms with Gasteiger partial charge in [-0.25, -0.2) is 0 Å². The maximum absolute atomic E-state index is 12.3. The first kappa shape index (κ1) is 13.8. The molecule has 0 spiro atoms. The Kier molecular flexibility index (Phi) is 3.50. The van der Waals surface area contributed by atoms with Crippen LogP contribution in [-0.4, -0.2) is 54.6 Å². The van der Waals surface area contributed by atoms with Crippen molar-refractivity contribution in [1.82, 2.24) is 9.80 Å². The molecule has 0 N–H and O–H groups in total. The molecule has 1 amide bonds. The van der Waals surface area contributed by atoms with Crippen LogP contribution in [0.1, 0.15) is 26.2 Å². The van der Waals surface area contributed by atoms with Crippen molar-refractivity contribution in [3.8, 4) is 6.07 Å². The van der Waals surface area contributed by atoms with Gasteiger partial charge in [-0.3, -0.25) is 14.5 Å². The maximum atomic E-state index is 12.3. The third-order valence-corrected chi connectivity index (χ3v) is 4.03. The Morgan fingerprint density at radius 1 is 1.47 bits per heavy atom. The molecule has 2 atom stereocenters. The molecule has 2 rings (SSSR count). The van der Waals surface area contributed by atoms with Crippen LogP contribution in [0.4, 0.5) is 0 Å². The highest BCUT2D eigenvalue weighted by Crippen LogP contribution is 2.45. The second kappa shape index (κ2) is 4.82. The fourth-order valence-corrected chi connectivity index (χ4v) is 2.16. The van der Waals surface area contributed by atoms with Crippen LogP contribution < -0.4 is 0 Å². The lowest BCUT2D eigenvalue weighted by atomic mass is 9.68. The van der Waals surface area contributed by atoms with Gasteiger partial charge >= 0.3 is 5.97 Å². The Balaban J connectivity index is 2.04. The second-order valence-electron chi connectivity index (χ2n) is 5.51. The Morgan fingerprint density at radius 2 is 2.11 bits per heavy atom. The minimum atomic E-state index is -1.03. The third kappa shape index (κ3) is 2.30. The minimum absolute atomic E-state index is 0.235. The first-order chi connectivity index (χ1) is 8.92. The van der Waals surface area contributed by atoms with Crippen molar-refractivity contribution in [1.29, 1.82) is 5.26 Å². The van der Waals surface area contributed by atoms with Crippen molar-refractivity contribution in [2.24, 2.45) is 5.41 Å². The van der Waals surface area contributed by atoms with Gasteiger partial charge in [-0.05, 0) is 33.9 Å². The molecule has 0 aromatic heterocycles. The fraction of sp³-hybridized carbons (Fsp3) is 0.769. The molecule has 19 heavy (non-hydrogen) atoms. The molecule has 1 heterocycles. The van der Waals surface area contributed by atoms with Crippen molar-refractivity contribution in [3.05, 3.63) is 0 Å². The van der Waals surface area contributed by atoms with Gasteiger partial charge in [-0.1, -0.05) is 6.42 Å². The lowest BCUT2D eigenvalue weighted by Crippen LogP contribution is -2.51. The topological polar surface area (TPSA) is 73.4 Å². The van der Waals surface area contributed by atoms with Crippen LogP contribution in [-0.2, 0) is 14.3 Å². The summed E-state index contributed by atoms with van der Waals surface area (Å²) in [6, 6.07) is 1.68. The first-order valence-corrected chi connectivity index (χ1v) is 6.50. The zero-order valence-electron chi connectivity index (χ0n) is 11.5. The lowest BCUT2D eigenvalue weighted by molar-refractivity contribution is -0.179. The largest absolute Gasteiger partial charge is 0.446 e. The molecule has 1 aliphatic carbocycles. The number of hydrogen-bond donors (Lipinski definition) is 0. The summed E-state index contributed by atoms with van der Waals surface area (Å²) in [5, 5.41) is 8.77. The number of carbonyl (C=O) groups excluding carboxylic acids is 2. The number of nitriles is 1. The normalized spacial score (nSPS) is 25.2. The van der Waals surface area contributed by atoms with Crippen molar-refractivity contribution in [2.45, 2.75) is 38.5 Å². The zero-order chi connectivity index (χ0) is 14.2. The van der Waals surface area contributed by atoms with Crippen molar-refractivity contribution < 1.29 is 14.3 Å². The Hall–Kier alpha value is -1.61. The maximum Gasteiger partial charge on any atom is 0.323 e. The van der Waals surface area contributed by atoms with Gasteiger partial charge in [0.05, 0.1) is 12.6 Å². The molecule has 2 aliphatic rings. The highest BCUT2D eigenvalue weighted by Gasteiger charge is 2.58. The Labute approximate surface area is 112 Å². The predicted molar refractivity (Wildman–Crippen MR) is 66.6 cm³/mol. The average molecular weight is 265 g/mol. The summed E-state index contributed by atoms with van der Waals surface area (Å²) in [6.07, 6.45) is 1.54. The molecule has 0 aromatic carbocycles. The molecule has 1 aliphatic heterocycles. The highest BCUT2D eigenvalue weighted by atomic mass is 16.6. The summed E-state index contributed by atoms with van der Waals surface area (Å²) in [5.74, 6) is -0.685. The van der Waals surface area contributed by atoms with Crippen molar-refractivity contribution >= 4 is 11.9 Å². The van der Waals surface area contributed by atoms with E-state index >= 15 is 0 Å². The SMILES string of the molecule is CC(OC(=O)C1(C(=O)N2CC2C#N)CCC1)N(C)C. The number of carbonyl (C=O) groups is 2. The first-order valence-electron chi connectivity index (χ1n) is 6.50. The summed E-state index contributed by atoms with van der Waals surface area (Å²) in [5.41, 5.74) is -1.03. The van der Waals surface area contributed by atoms with Crippen LogP contribution in [0.5, 0.6) is 0 Å². The van der Waals surface area contributed by atoms with Gasteiger partial charge in [0.15, 0.2) is 6.23 Å². The smallest absolute Gasteiger partial charge is 0.323 e. The Morgan fingerprint density at radius 3 is 2.47 bits per heavy atom. The van der Waals surface area contributed by atoms with Gasteiger partial charge in [-0.2, -0.15) is 5.26 Å². The van der Waals surface area contributed by atoms with E-state index in [4.69, 9.17) is 10.00 Å². The third-order valence-electron chi connectivity index (χ3n) is 4.03. The highest BCUT2D eigenvalue weighted by molar-refractivity contribution is 6.04. The second-order valence-corrected chi connectivity index (χ2v) is 5.51. The van der Waals surface area contributed by atoms with Gasteiger partial charge in [-0.15, -0.1) is 0 Å². The van der Waals surface area contributed by atoms with Crippen molar-refractivity contribution in [3.63, 3.8) is 0 Å². The van der Waals surface area contributed by atoms with E-state index in [9.17, 15) is 9.59 Å². The molecule has 0 radical (unpaired) electrons. The average Bonchev–Trinajstić information content (AvgIpc) is 3.06. The van der Waals surface area contributed by atoms with E-state index < -0.39 is 11.4 Å². The lowest BCUT2D eigenvalue weighted by Gasteiger charge is -2.38. The number of amides is 1. The van der Waals surface area contributed by atoms with Gasteiger partial charge in [0.2, 0.25) is 5.91 Å². The molecule has 0 bridgehead atoms. The van der Waals surface area contributed by atoms with Crippen LogP contribution in [0.15, 0.2) is 0 Å². The number of esters is 1. The van der Waals surface area contributed by atoms with E-state index in [2.05, 4.69) is 0 Å². The van der Waals surface area contributed by atoms with Crippen LogP contribution in [0.25, 0.3) is 0 Å². The zero-order valence-corrected chi connectivity index (χ0v) is 11.5. The summed E-state index contributed by atoms with van der Waals surface area (Å²) < 4.78 is 5.34. The van der Waals surface area contributed by atoms with E-state index in [-0.39, 0.29) is 18.2 Å². The molecule has 1 saturated heterocycles. The standard InChI is InChI=1S/C13H19N3O3/c1-9(15(2)3)19-12(18)13(5-4-6-13)11(17)16-8-10(16)7-14/h9-10H,4-6,8H2,1-3H3. The van der Waals surface area contributed by atoms with Gasteiger partial charge in [0.25, 0.3) is 0 Å². The number of nitrogens with zero attached hydrogens (tertiary/aromatic N) is 3. The molecule has 2 fully saturated rings. The van der Waals surface area contributed by atoms with Crippen LogP contribution in [0, 0.1) is 16.7 Å². The number of ether oxygens (including phenoxy) is 1. The van der Waals surface area contributed by atoms with E-state index in [0.717, 1.165) is 6.42 Å². The van der Waals surface area contributed by atoms with Crippen molar-refractivity contribution in [2.75, 3.05) is 20.6 Å². The molecular formula is C13H19N3O3. The van der Waals surface area contributed by atoms with Crippen LogP contribution in [0.3, 0.4) is 0 Å². The van der Waals surface area contributed by atoms with Crippen LogP contribution in [0.2, 0.25) is 0 Å². The summed E-state index contributed by atoms with van der Waals surface area (Å²) in [6.45, 7) is 2.21. The minimum Gasteiger partial charge on any atom is -0.446 e. The molecule has 1 saturated carbocycles. The van der Waals surface area contributed by atoms with E-state index in [1.165, 1.54) is 4.90 Å². The molecule has 6 heteroatoms. The van der Waals surface area contributed by atoms with E-state index in [0.29, 0.717) is 19.4 Å². The van der Waals surface area contributed by atoms with Gasteiger partial charge < -0.3 is 9.64 Å². The summed E-state index contributed by atoms with van der Waals surface area (Å²) >= 11 is 0. The molecular weight excluding hydrogens is 246 g/mol. The predicted octanol–water partition coefficient (Wildman–Crippen LogP) is 0.342. The monoisotopic (exact) mass is 265 g/mol. The number of hydrogen-bond acceptors (Lipinski definition) is 5. The van der Waals surface area contributed by atoms with Crippen LogP contribution >= 0.6 is 0 Å². The Bertz CT molecular complexity index is 437.